The van der Waals surface area contributed by atoms with Gasteiger partial charge < -0.3 is 15.4 Å². The lowest BCUT2D eigenvalue weighted by Gasteiger charge is -2.24. The van der Waals surface area contributed by atoms with Gasteiger partial charge in [0.2, 0.25) is 11.9 Å². The quantitative estimate of drug-likeness (QED) is 0.309. The number of hydrogen-bond acceptors (Lipinski definition) is 6. The van der Waals surface area contributed by atoms with Crippen molar-refractivity contribution in [2.75, 3.05) is 23.8 Å². The molecule has 38 heavy (non-hydrogen) atoms. The van der Waals surface area contributed by atoms with Gasteiger partial charge in [0.15, 0.2) is 6.61 Å². The minimum Gasteiger partial charge on any atom is -0.454 e. The molecule has 0 aliphatic heterocycles. The van der Waals surface area contributed by atoms with Gasteiger partial charge in [0.1, 0.15) is 5.67 Å². The van der Waals surface area contributed by atoms with E-state index >= 15 is 4.39 Å². The molecule has 1 atom stereocenters. The second kappa shape index (κ2) is 10.7. The van der Waals surface area contributed by atoms with Crippen molar-refractivity contribution >= 4 is 23.2 Å². The van der Waals surface area contributed by atoms with E-state index in [0.29, 0.717) is 0 Å². The first-order valence-corrected chi connectivity index (χ1v) is 11.2. The molecule has 1 aromatic heterocycles. The van der Waals surface area contributed by atoms with Crippen LogP contribution in [-0.2, 0) is 6.18 Å². The summed E-state index contributed by atoms with van der Waals surface area (Å²) in [6, 6.07) is 12.6. The van der Waals surface area contributed by atoms with Crippen LogP contribution in [0.1, 0.15) is 17.5 Å². The van der Waals surface area contributed by atoms with Crippen LogP contribution in [0.15, 0.2) is 72.8 Å². The number of halogens is 7. The van der Waals surface area contributed by atoms with E-state index in [4.69, 9.17) is 0 Å². The Morgan fingerprint density at radius 3 is 2.29 bits per heavy atom. The molecule has 0 bridgehead atoms. The number of hydrogen-bond donors (Lipinski definition) is 2. The van der Waals surface area contributed by atoms with Gasteiger partial charge in [0.25, 0.3) is 0 Å². The average Bonchev–Trinajstić information content (AvgIpc) is 2.87. The molecule has 2 N–H and O–H groups in total. The minimum absolute atomic E-state index is 0.00141. The van der Waals surface area contributed by atoms with Gasteiger partial charge in [0, 0.05) is 12.1 Å². The van der Waals surface area contributed by atoms with Crippen molar-refractivity contribution in [3.8, 4) is 6.01 Å². The molecule has 1 unspecified atom stereocenters. The van der Waals surface area contributed by atoms with Crippen molar-refractivity contribution in [3.05, 3.63) is 84.0 Å². The Kier molecular flexibility index (Phi) is 7.56. The highest BCUT2D eigenvalue weighted by Gasteiger charge is 2.32. The van der Waals surface area contributed by atoms with E-state index in [1.165, 1.54) is 12.1 Å². The smallest absolute Gasteiger partial charge is 0.422 e. The number of benzene rings is 2. The summed E-state index contributed by atoms with van der Waals surface area (Å²) in [5.74, 6) is -0.743. The lowest BCUT2D eigenvalue weighted by molar-refractivity contribution is -0.154. The fourth-order valence-corrected chi connectivity index (χ4v) is 3.46. The van der Waals surface area contributed by atoms with Gasteiger partial charge in [0.05, 0.1) is 12.1 Å². The van der Waals surface area contributed by atoms with Gasteiger partial charge in [-0.05, 0) is 35.4 Å². The maximum atomic E-state index is 15.4. The van der Waals surface area contributed by atoms with E-state index in [0.717, 1.165) is 29.3 Å². The predicted molar refractivity (Wildman–Crippen MR) is 127 cm³/mol. The Morgan fingerprint density at radius 1 is 0.895 bits per heavy atom. The van der Waals surface area contributed by atoms with Crippen LogP contribution in [0.4, 0.5) is 48.3 Å². The molecule has 200 valence electrons. The summed E-state index contributed by atoms with van der Waals surface area (Å²) >= 11 is 0. The SMILES string of the molecule is FC(F)(F)COc1nc(NCC2(F)C=CC(c3ccccc3)=CC2)nc(Nc2cccc(C(F)(F)F)c2)n1. The normalized spacial score (nSPS) is 17.6. The lowest BCUT2D eigenvalue weighted by atomic mass is 9.91. The standard InChI is InChI=1S/C25H20F7N5O/c26-23(11-9-17(10-12-23)16-5-2-1-3-6-16)14-33-20-35-21(37-22(36-20)38-15-24(27,28)29)34-19-8-4-7-18(13-19)25(30,31)32/h1-11,13H,12,14-15H2,(H2,33,34,35,36,37). The Labute approximate surface area is 212 Å². The zero-order valence-electron chi connectivity index (χ0n) is 19.4. The molecule has 0 spiro atoms. The number of anilines is 3. The number of ether oxygens (including phenoxy) is 1. The first-order valence-electron chi connectivity index (χ1n) is 11.2. The first-order chi connectivity index (χ1) is 17.9. The summed E-state index contributed by atoms with van der Waals surface area (Å²) in [6.45, 7) is -2.07. The summed E-state index contributed by atoms with van der Waals surface area (Å²) in [5.41, 5.74) is -1.18. The molecule has 2 aromatic carbocycles. The molecule has 1 heterocycles. The molecule has 3 aromatic rings. The summed E-state index contributed by atoms with van der Waals surface area (Å²) in [6.07, 6.45) is -4.64. The van der Waals surface area contributed by atoms with Crippen LogP contribution in [0.3, 0.4) is 0 Å². The van der Waals surface area contributed by atoms with Gasteiger partial charge in [-0.2, -0.15) is 41.3 Å². The monoisotopic (exact) mass is 539 g/mol. The molecule has 0 radical (unpaired) electrons. The third-order valence-electron chi connectivity index (χ3n) is 5.30. The fourth-order valence-electron chi connectivity index (χ4n) is 3.46. The van der Waals surface area contributed by atoms with Crippen LogP contribution in [0.25, 0.3) is 5.57 Å². The maximum absolute atomic E-state index is 15.4. The zero-order valence-corrected chi connectivity index (χ0v) is 19.4. The van der Waals surface area contributed by atoms with Crippen molar-refractivity contribution in [1.82, 2.24) is 15.0 Å². The molecule has 0 saturated heterocycles. The second-order valence-electron chi connectivity index (χ2n) is 8.32. The second-order valence-corrected chi connectivity index (χ2v) is 8.32. The minimum atomic E-state index is -4.70. The summed E-state index contributed by atoms with van der Waals surface area (Å²) in [5, 5.41) is 5.09. The van der Waals surface area contributed by atoms with Gasteiger partial charge in [-0.15, -0.1) is 0 Å². The predicted octanol–water partition coefficient (Wildman–Crippen LogP) is 6.74. The average molecular weight is 539 g/mol. The van der Waals surface area contributed by atoms with Crippen LogP contribution in [0.5, 0.6) is 6.01 Å². The molecule has 4 rings (SSSR count). The van der Waals surface area contributed by atoms with Gasteiger partial charge in [-0.3, -0.25) is 0 Å². The molecule has 0 saturated carbocycles. The molecule has 13 heteroatoms. The van der Waals surface area contributed by atoms with Crippen molar-refractivity contribution in [2.45, 2.75) is 24.4 Å². The molecular formula is C25H20F7N5O. The van der Waals surface area contributed by atoms with Crippen LogP contribution in [0, 0.1) is 0 Å². The number of nitrogens with zero attached hydrogens (tertiary/aromatic N) is 3. The van der Waals surface area contributed by atoms with Crippen molar-refractivity contribution in [1.29, 1.82) is 0 Å². The topological polar surface area (TPSA) is 72.0 Å². The molecule has 0 amide bonds. The highest BCUT2D eigenvalue weighted by molar-refractivity contribution is 5.75. The molecular weight excluding hydrogens is 519 g/mol. The van der Waals surface area contributed by atoms with Gasteiger partial charge in [-0.25, -0.2) is 4.39 Å². The highest BCUT2D eigenvalue weighted by atomic mass is 19.4. The Bertz CT molecular complexity index is 1330. The first kappa shape index (κ1) is 26.9. The van der Waals surface area contributed by atoms with E-state index in [2.05, 4.69) is 30.3 Å². The number of alkyl halides is 7. The largest absolute Gasteiger partial charge is 0.454 e. The summed E-state index contributed by atoms with van der Waals surface area (Å²) in [7, 11) is 0. The number of aromatic nitrogens is 3. The third kappa shape index (κ3) is 7.43. The molecule has 0 fully saturated rings. The van der Waals surface area contributed by atoms with Gasteiger partial charge in [-0.1, -0.05) is 48.6 Å². The third-order valence-corrected chi connectivity index (χ3v) is 5.30. The van der Waals surface area contributed by atoms with Crippen LogP contribution in [0.2, 0.25) is 0 Å². The number of rotatable bonds is 8. The molecule has 1 aliphatic carbocycles. The van der Waals surface area contributed by atoms with E-state index < -0.39 is 42.2 Å². The number of allylic oxidation sites excluding steroid dienone is 3. The van der Waals surface area contributed by atoms with Gasteiger partial charge >= 0.3 is 18.4 Å². The molecule has 1 aliphatic rings. The lowest BCUT2D eigenvalue weighted by Crippen LogP contribution is -2.31. The summed E-state index contributed by atoms with van der Waals surface area (Å²) < 4.78 is 97.0. The van der Waals surface area contributed by atoms with Crippen LogP contribution < -0.4 is 15.4 Å². The molecule has 6 nitrogen and oxygen atoms in total. The zero-order chi connectivity index (χ0) is 27.4. The maximum Gasteiger partial charge on any atom is 0.422 e. The number of nitrogens with one attached hydrogen (secondary N) is 2. The van der Waals surface area contributed by atoms with E-state index in [1.54, 1.807) is 12.2 Å². The fraction of sp³-hybridized carbons (Fsp3) is 0.240. The van der Waals surface area contributed by atoms with E-state index in [1.807, 2.05) is 30.3 Å². The van der Waals surface area contributed by atoms with E-state index in [9.17, 15) is 26.3 Å². The summed E-state index contributed by atoms with van der Waals surface area (Å²) in [4.78, 5) is 11.4. The van der Waals surface area contributed by atoms with Crippen molar-refractivity contribution in [2.24, 2.45) is 0 Å². The highest BCUT2D eigenvalue weighted by Crippen LogP contribution is 2.32. The van der Waals surface area contributed by atoms with Crippen LogP contribution in [-0.4, -0.2) is 39.9 Å². The Balaban J connectivity index is 1.51. The van der Waals surface area contributed by atoms with E-state index in [-0.39, 0.29) is 24.6 Å². The van der Waals surface area contributed by atoms with Crippen molar-refractivity contribution < 1.29 is 35.5 Å². The Hall–Kier alpha value is -4.16. The Morgan fingerprint density at radius 2 is 1.63 bits per heavy atom. The van der Waals surface area contributed by atoms with Crippen molar-refractivity contribution in [3.63, 3.8) is 0 Å². The van der Waals surface area contributed by atoms with Crippen LogP contribution >= 0.6 is 0 Å².